The fourth-order valence-corrected chi connectivity index (χ4v) is 1.93. The van der Waals surface area contributed by atoms with Gasteiger partial charge in [-0.25, -0.2) is 4.79 Å². The lowest BCUT2D eigenvalue weighted by Crippen LogP contribution is -2.20. The second-order valence-electron chi connectivity index (χ2n) is 4.61. The number of nitrogens with zero attached hydrogens (tertiary/aromatic N) is 1. The molecule has 0 atom stereocenters. The average molecular weight is 317 g/mol. The van der Waals surface area contributed by atoms with E-state index in [4.69, 9.17) is 27.9 Å². The summed E-state index contributed by atoms with van der Waals surface area (Å²) in [6, 6.07) is 5.00. The van der Waals surface area contributed by atoms with Crippen molar-refractivity contribution in [1.82, 2.24) is 0 Å². The summed E-state index contributed by atoms with van der Waals surface area (Å²) in [6.45, 7) is 6.08. The summed E-state index contributed by atoms with van der Waals surface area (Å²) in [5.41, 5.74) is 3.71. The smallest absolute Gasteiger partial charge is 0.354 e. The van der Waals surface area contributed by atoms with Crippen molar-refractivity contribution in [1.29, 1.82) is 0 Å². The molecule has 0 radical (unpaired) electrons. The van der Waals surface area contributed by atoms with E-state index in [0.717, 1.165) is 0 Å². The highest BCUT2D eigenvalue weighted by molar-refractivity contribution is 6.37. The number of esters is 1. The Kier molecular flexibility index (Phi) is 6.82. The molecule has 1 aromatic carbocycles. The second kappa shape index (κ2) is 8.12. The maximum absolute atomic E-state index is 11.8. The first-order chi connectivity index (χ1) is 9.43. The number of halogens is 2. The van der Waals surface area contributed by atoms with Gasteiger partial charge in [-0.3, -0.25) is 5.43 Å². The third-order valence-corrected chi connectivity index (χ3v) is 2.90. The van der Waals surface area contributed by atoms with Gasteiger partial charge < -0.3 is 4.74 Å². The Labute approximate surface area is 129 Å². The van der Waals surface area contributed by atoms with Gasteiger partial charge in [0.05, 0.1) is 17.3 Å². The highest BCUT2D eigenvalue weighted by Gasteiger charge is 2.14. The van der Waals surface area contributed by atoms with Crippen molar-refractivity contribution in [3.63, 3.8) is 0 Å². The van der Waals surface area contributed by atoms with Gasteiger partial charge in [-0.2, -0.15) is 5.10 Å². The van der Waals surface area contributed by atoms with E-state index in [1.54, 1.807) is 25.1 Å². The molecule has 0 bridgehead atoms. The zero-order valence-corrected chi connectivity index (χ0v) is 13.3. The molecular formula is C14H18Cl2N2O2. The maximum atomic E-state index is 11.8. The molecule has 6 heteroatoms. The maximum Gasteiger partial charge on any atom is 0.354 e. The number of hydrazone groups is 1. The number of carbonyl (C=O) groups excluding carboxylic acids is 1. The molecule has 0 aromatic heterocycles. The highest BCUT2D eigenvalue weighted by Crippen LogP contribution is 2.25. The van der Waals surface area contributed by atoms with E-state index in [1.165, 1.54) is 0 Å². The Bertz CT molecular complexity index is 502. The first-order valence-corrected chi connectivity index (χ1v) is 7.14. The van der Waals surface area contributed by atoms with Gasteiger partial charge in [-0.1, -0.05) is 37.0 Å². The van der Waals surface area contributed by atoms with Crippen LogP contribution in [0.15, 0.2) is 23.3 Å². The van der Waals surface area contributed by atoms with Gasteiger partial charge in [-0.15, -0.1) is 0 Å². The molecule has 1 aromatic rings. The Balaban J connectivity index is 2.87. The summed E-state index contributed by atoms with van der Waals surface area (Å²) < 4.78 is 4.98. The molecule has 0 saturated heterocycles. The molecule has 0 unspecified atom stereocenters. The molecule has 4 nitrogen and oxygen atoms in total. The minimum Gasteiger partial charge on any atom is -0.461 e. The van der Waals surface area contributed by atoms with Crippen LogP contribution in [0.2, 0.25) is 10.0 Å². The topological polar surface area (TPSA) is 50.7 Å². The van der Waals surface area contributed by atoms with Crippen molar-refractivity contribution >= 4 is 40.6 Å². The number of hydrogen-bond acceptors (Lipinski definition) is 4. The first-order valence-electron chi connectivity index (χ1n) is 6.38. The molecular weight excluding hydrogens is 299 g/mol. The lowest BCUT2D eigenvalue weighted by atomic mass is 10.1. The molecule has 0 fully saturated rings. The Morgan fingerprint density at radius 3 is 2.65 bits per heavy atom. The SMILES string of the molecule is CCOC(=O)/C(CC(C)C)=N/Nc1ccc(Cl)cc1Cl. The lowest BCUT2D eigenvalue weighted by Gasteiger charge is -2.10. The minimum absolute atomic E-state index is 0.292. The van der Waals surface area contributed by atoms with Gasteiger partial charge >= 0.3 is 5.97 Å². The molecule has 0 spiro atoms. The number of ether oxygens (including phenoxy) is 1. The molecule has 0 aliphatic heterocycles. The Hall–Kier alpha value is -1.26. The molecule has 20 heavy (non-hydrogen) atoms. The fraction of sp³-hybridized carbons (Fsp3) is 0.429. The summed E-state index contributed by atoms with van der Waals surface area (Å²) in [7, 11) is 0. The lowest BCUT2D eigenvalue weighted by molar-refractivity contribution is -0.135. The average Bonchev–Trinajstić information content (AvgIpc) is 2.36. The molecule has 110 valence electrons. The number of nitrogens with one attached hydrogen (secondary N) is 1. The predicted molar refractivity (Wildman–Crippen MR) is 83.6 cm³/mol. The summed E-state index contributed by atoms with van der Waals surface area (Å²) in [4.78, 5) is 11.8. The van der Waals surface area contributed by atoms with Crippen LogP contribution in [0.4, 0.5) is 5.69 Å². The van der Waals surface area contributed by atoms with Gasteiger partial charge in [0.2, 0.25) is 0 Å². The number of hydrogen-bond donors (Lipinski definition) is 1. The van der Waals surface area contributed by atoms with Crippen LogP contribution in [0.5, 0.6) is 0 Å². The number of anilines is 1. The number of rotatable bonds is 6. The van der Waals surface area contributed by atoms with Crippen LogP contribution in [0, 0.1) is 5.92 Å². The van der Waals surface area contributed by atoms with E-state index in [2.05, 4.69) is 10.5 Å². The van der Waals surface area contributed by atoms with Gasteiger partial charge in [-0.05, 0) is 31.0 Å². The van der Waals surface area contributed by atoms with Gasteiger partial charge in [0.15, 0.2) is 0 Å². The van der Waals surface area contributed by atoms with Crippen LogP contribution >= 0.6 is 23.2 Å². The largest absolute Gasteiger partial charge is 0.461 e. The van der Waals surface area contributed by atoms with Crippen molar-refractivity contribution in [2.75, 3.05) is 12.0 Å². The fourth-order valence-electron chi connectivity index (χ4n) is 1.48. The van der Waals surface area contributed by atoms with Crippen LogP contribution in [0.3, 0.4) is 0 Å². The number of benzene rings is 1. The molecule has 0 saturated carbocycles. The monoisotopic (exact) mass is 316 g/mol. The van der Waals surface area contributed by atoms with Gasteiger partial charge in [0, 0.05) is 11.4 Å². The summed E-state index contributed by atoms with van der Waals surface area (Å²) >= 11 is 11.8. The van der Waals surface area contributed by atoms with Gasteiger partial charge in [0.25, 0.3) is 0 Å². The molecule has 0 amide bonds. The number of carbonyl (C=O) groups is 1. The second-order valence-corrected chi connectivity index (χ2v) is 5.46. The van der Waals surface area contributed by atoms with E-state index in [-0.39, 0.29) is 0 Å². The Morgan fingerprint density at radius 2 is 2.10 bits per heavy atom. The summed E-state index contributed by atoms with van der Waals surface area (Å²) in [6.07, 6.45) is 0.525. The molecule has 1 N–H and O–H groups in total. The van der Waals surface area contributed by atoms with E-state index < -0.39 is 5.97 Å². The van der Waals surface area contributed by atoms with Crippen molar-refractivity contribution in [3.8, 4) is 0 Å². The zero-order chi connectivity index (χ0) is 15.1. The molecule has 0 heterocycles. The van der Waals surface area contributed by atoms with E-state index in [0.29, 0.717) is 40.4 Å². The standard InChI is InChI=1S/C14H18Cl2N2O2/c1-4-20-14(19)13(7-9(2)3)18-17-12-6-5-10(15)8-11(12)16/h5-6,8-9,17H,4,7H2,1-3H3/b18-13+. The van der Waals surface area contributed by atoms with E-state index in [1.807, 2.05) is 13.8 Å². The summed E-state index contributed by atoms with van der Waals surface area (Å²) in [5.74, 6) is -0.126. The zero-order valence-electron chi connectivity index (χ0n) is 11.7. The van der Waals surface area contributed by atoms with E-state index >= 15 is 0 Å². The third-order valence-electron chi connectivity index (χ3n) is 2.36. The van der Waals surface area contributed by atoms with Crippen molar-refractivity contribution in [2.24, 2.45) is 11.0 Å². The van der Waals surface area contributed by atoms with Crippen LogP contribution < -0.4 is 5.43 Å². The normalized spacial score (nSPS) is 11.6. The first kappa shape index (κ1) is 16.8. The van der Waals surface area contributed by atoms with E-state index in [9.17, 15) is 4.79 Å². The highest BCUT2D eigenvalue weighted by atomic mass is 35.5. The van der Waals surface area contributed by atoms with Crippen LogP contribution in [0.1, 0.15) is 27.2 Å². The molecule has 0 aliphatic carbocycles. The minimum atomic E-state index is -0.418. The summed E-state index contributed by atoms with van der Waals surface area (Å²) in [5, 5.41) is 5.09. The third kappa shape index (κ3) is 5.39. The quantitative estimate of drug-likeness (QED) is 0.481. The van der Waals surface area contributed by atoms with Crippen LogP contribution in [-0.2, 0) is 9.53 Å². The van der Waals surface area contributed by atoms with Crippen LogP contribution in [-0.4, -0.2) is 18.3 Å². The molecule has 1 rings (SSSR count). The van der Waals surface area contributed by atoms with Crippen molar-refractivity contribution < 1.29 is 9.53 Å². The van der Waals surface area contributed by atoms with Crippen LogP contribution in [0.25, 0.3) is 0 Å². The van der Waals surface area contributed by atoms with Crippen molar-refractivity contribution in [2.45, 2.75) is 27.2 Å². The van der Waals surface area contributed by atoms with Gasteiger partial charge in [0.1, 0.15) is 5.71 Å². The molecule has 0 aliphatic rings. The predicted octanol–water partition coefficient (Wildman–Crippen LogP) is 4.37. The Morgan fingerprint density at radius 1 is 1.40 bits per heavy atom. The van der Waals surface area contributed by atoms with Crippen molar-refractivity contribution in [3.05, 3.63) is 28.2 Å².